The van der Waals surface area contributed by atoms with E-state index in [0.717, 1.165) is 4.90 Å². The second-order valence-corrected chi connectivity index (χ2v) is 3.23. The molecule has 1 aromatic carbocycles. The number of halogens is 1. The molecule has 0 aliphatic heterocycles. The summed E-state index contributed by atoms with van der Waals surface area (Å²) in [6.07, 6.45) is 0. The van der Waals surface area contributed by atoms with Gasteiger partial charge in [0.25, 0.3) is 0 Å². The molecule has 3 nitrogen and oxygen atoms in total. The predicted molar refractivity (Wildman–Crippen MR) is 55.3 cm³/mol. The maximum absolute atomic E-state index is 11.2. The van der Waals surface area contributed by atoms with Gasteiger partial charge in [0.2, 0.25) is 11.8 Å². The van der Waals surface area contributed by atoms with Crippen molar-refractivity contribution >= 4 is 29.1 Å². The van der Waals surface area contributed by atoms with E-state index in [1.54, 1.807) is 24.3 Å². The monoisotopic (exact) mass is 211 g/mol. The first-order valence-corrected chi connectivity index (χ1v) is 4.47. The number of imide groups is 1. The van der Waals surface area contributed by atoms with Crippen LogP contribution in [0.3, 0.4) is 0 Å². The number of amides is 2. The van der Waals surface area contributed by atoms with Gasteiger partial charge >= 0.3 is 0 Å². The number of para-hydroxylation sites is 1. The van der Waals surface area contributed by atoms with E-state index < -0.39 is 0 Å². The molecule has 0 spiro atoms. The van der Waals surface area contributed by atoms with Gasteiger partial charge in [0, 0.05) is 13.8 Å². The SMILES string of the molecule is CC(=O)N(C(C)=O)c1ccccc1Cl. The van der Waals surface area contributed by atoms with E-state index in [0.29, 0.717) is 10.7 Å². The Morgan fingerprint density at radius 2 is 1.64 bits per heavy atom. The highest BCUT2D eigenvalue weighted by Crippen LogP contribution is 2.25. The molecule has 1 rings (SSSR count). The molecule has 0 atom stereocenters. The van der Waals surface area contributed by atoms with Crippen LogP contribution in [0.2, 0.25) is 5.02 Å². The molecule has 0 unspecified atom stereocenters. The first kappa shape index (κ1) is 10.7. The van der Waals surface area contributed by atoms with Gasteiger partial charge < -0.3 is 0 Å². The molecule has 2 amide bonds. The lowest BCUT2D eigenvalue weighted by Crippen LogP contribution is -2.33. The van der Waals surface area contributed by atoms with E-state index in [9.17, 15) is 9.59 Å². The molecular formula is C10H10ClNO2. The van der Waals surface area contributed by atoms with Crippen LogP contribution < -0.4 is 4.90 Å². The zero-order valence-corrected chi connectivity index (χ0v) is 8.71. The van der Waals surface area contributed by atoms with Crippen LogP contribution in [-0.4, -0.2) is 11.8 Å². The zero-order valence-electron chi connectivity index (χ0n) is 7.95. The topological polar surface area (TPSA) is 37.4 Å². The Morgan fingerprint density at radius 3 is 2.07 bits per heavy atom. The molecule has 0 N–H and O–H groups in total. The van der Waals surface area contributed by atoms with E-state index >= 15 is 0 Å². The van der Waals surface area contributed by atoms with Gasteiger partial charge in [0.1, 0.15) is 0 Å². The summed E-state index contributed by atoms with van der Waals surface area (Å²) >= 11 is 5.86. The molecule has 0 aliphatic carbocycles. The molecule has 0 saturated heterocycles. The largest absolute Gasteiger partial charge is 0.274 e. The Kier molecular flexibility index (Phi) is 3.25. The summed E-state index contributed by atoms with van der Waals surface area (Å²) in [5, 5.41) is 0.387. The normalized spacial score (nSPS) is 9.64. The second kappa shape index (κ2) is 4.24. The van der Waals surface area contributed by atoms with Gasteiger partial charge in [-0.1, -0.05) is 23.7 Å². The second-order valence-electron chi connectivity index (χ2n) is 2.82. The third kappa shape index (κ3) is 2.12. The van der Waals surface area contributed by atoms with Gasteiger partial charge in [-0.15, -0.1) is 0 Å². The van der Waals surface area contributed by atoms with E-state index in [-0.39, 0.29) is 11.8 Å². The fourth-order valence-electron chi connectivity index (χ4n) is 1.19. The van der Waals surface area contributed by atoms with Gasteiger partial charge in [-0.05, 0) is 12.1 Å². The molecule has 74 valence electrons. The first-order chi connectivity index (χ1) is 6.54. The maximum atomic E-state index is 11.2. The average Bonchev–Trinajstić information content (AvgIpc) is 2.07. The third-order valence-electron chi connectivity index (χ3n) is 1.72. The third-order valence-corrected chi connectivity index (χ3v) is 2.04. The van der Waals surface area contributed by atoms with Crippen molar-refractivity contribution in [1.29, 1.82) is 0 Å². The van der Waals surface area contributed by atoms with Crippen molar-refractivity contribution in [2.45, 2.75) is 13.8 Å². The Hall–Kier alpha value is -1.35. The molecule has 0 bridgehead atoms. The lowest BCUT2D eigenvalue weighted by Gasteiger charge is -2.17. The highest BCUT2D eigenvalue weighted by molar-refractivity contribution is 6.35. The summed E-state index contributed by atoms with van der Waals surface area (Å²) in [5.41, 5.74) is 0.425. The van der Waals surface area contributed by atoms with Crippen LogP contribution in [0.4, 0.5) is 5.69 Å². The standard InChI is InChI=1S/C10H10ClNO2/c1-7(13)12(8(2)14)10-6-4-3-5-9(10)11/h3-6H,1-2H3. The fourth-order valence-corrected chi connectivity index (χ4v) is 1.41. The van der Waals surface area contributed by atoms with Crippen molar-refractivity contribution in [2.75, 3.05) is 4.90 Å². The zero-order chi connectivity index (χ0) is 10.7. The minimum atomic E-state index is -0.342. The van der Waals surface area contributed by atoms with Crippen LogP contribution in [0, 0.1) is 0 Å². The number of hydrogen-bond donors (Lipinski definition) is 0. The number of benzene rings is 1. The molecule has 0 fully saturated rings. The number of nitrogens with zero attached hydrogens (tertiary/aromatic N) is 1. The van der Waals surface area contributed by atoms with Gasteiger partial charge in [-0.25, -0.2) is 4.90 Å². The number of carbonyl (C=O) groups is 2. The van der Waals surface area contributed by atoms with Crippen molar-refractivity contribution < 1.29 is 9.59 Å². The number of carbonyl (C=O) groups excluding carboxylic acids is 2. The van der Waals surface area contributed by atoms with Crippen molar-refractivity contribution in [2.24, 2.45) is 0 Å². The van der Waals surface area contributed by atoms with Crippen molar-refractivity contribution in [1.82, 2.24) is 0 Å². The maximum Gasteiger partial charge on any atom is 0.230 e. The summed E-state index contributed by atoms with van der Waals surface area (Å²) in [7, 11) is 0. The van der Waals surface area contributed by atoms with E-state index in [2.05, 4.69) is 0 Å². The Labute approximate surface area is 87.3 Å². The van der Waals surface area contributed by atoms with Gasteiger partial charge in [-0.2, -0.15) is 0 Å². The summed E-state index contributed by atoms with van der Waals surface area (Å²) in [4.78, 5) is 23.4. The van der Waals surface area contributed by atoms with E-state index in [1.807, 2.05) is 0 Å². The van der Waals surface area contributed by atoms with Gasteiger partial charge in [0.05, 0.1) is 10.7 Å². The molecule has 0 aromatic heterocycles. The summed E-state index contributed by atoms with van der Waals surface area (Å²) in [6.45, 7) is 2.65. The highest BCUT2D eigenvalue weighted by atomic mass is 35.5. The Balaban J connectivity index is 3.18. The number of rotatable bonds is 1. The quantitative estimate of drug-likeness (QED) is 0.715. The van der Waals surface area contributed by atoms with Crippen molar-refractivity contribution in [3.63, 3.8) is 0 Å². The minimum Gasteiger partial charge on any atom is -0.274 e. The fraction of sp³-hybridized carbons (Fsp3) is 0.200. The molecule has 0 heterocycles. The van der Waals surface area contributed by atoms with Crippen LogP contribution in [-0.2, 0) is 9.59 Å². The highest BCUT2D eigenvalue weighted by Gasteiger charge is 2.17. The Bertz CT molecular complexity index is 362. The summed E-state index contributed by atoms with van der Waals surface area (Å²) < 4.78 is 0. The van der Waals surface area contributed by atoms with Crippen LogP contribution in [0.1, 0.15) is 13.8 Å². The van der Waals surface area contributed by atoms with Gasteiger partial charge in [-0.3, -0.25) is 9.59 Å². The minimum absolute atomic E-state index is 0.342. The van der Waals surface area contributed by atoms with Crippen molar-refractivity contribution in [3.8, 4) is 0 Å². The molecule has 0 radical (unpaired) electrons. The molecule has 14 heavy (non-hydrogen) atoms. The lowest BCUT2D eigenvalue weighted by atomic mass is 10.3. The first-order valence-electron chi connectivity index (χ1n) is 4.10. The van der Waals surface area contributed by atoms with Crippen LogP contribution >= 0.6 is 11.6 Å². The van der Waals surface area contributed by atoms with Gasteiger partial charge in [0.15, 0.2) is 0 Å². The lowest BCUT2D eigenvalue weighted by molar-refractivity contribution is -0.124. The molecular weight excluding hydrogens is 202 g/mol. The van der Waals surface area contributed by atoms with E-state index in [1.165, 1.54) is 13.8 Å². The summed E-state index contributed by atoms with van der Waals surface area (Å²) in [5.74, 6) is -0.684. The van der Waals surface area contributed by atoms with Crippen LogP contribution in [0.5, 0.6) is 0 Å². The van der Waals surface area contributed by atoms with E-state index in [4.69, 9.17) is 11.6 Å². The predicted octanol–water partition coefficient (Wildman–Crippen LogP) is 2.24. The van der Waals surface area contributed by atoms with Crippen molar-refractivity contribution in [3.05, 3.63) is 29.3 Å². The molecule has 0 aliphatic rings. The summed E-state index contributed by atoms with van der Waals surface area (Å²) in [6, 6.07) is 6.73. The smallest absolute Gasteiger partial charge is 0.230 e. The number of hydrogen-bond acceptors (Lipinski definition) is 2. The molecule has 1 aromatic rings. The average molecular weight is 212 g/mol. The molecule has 4 heteroatoms. The van der Waals surface area contributed by atoms with Crippen LogP contribution in [0.15, 0.2) is 24.3 Å². The Morgan fingerprint density at radius 1 is 1.14 bits per heavy atom. The van der Waals surface area contributed by atoms with Crippen LogP contribution in [0.25, 0.3) is 0 Å². The molecule has 0 saturated carbocycles. The number of anilines is 1.